The van der Waals surface area contributed by atoms with E-state index in [0.29, 0.717) is 62.0 Å². The van der Waals surface area contributed by atoms with E-state index in [1.807, 2.05) is 31.1 Å². The van der Waals surface area contributed by atoms with Gasteiger partial charge >= 0.3 is 0 Å². The van der Waals surface area contributed by atoms with Crippen LogP contribution in [0.3, 0.4) is 0 Å². The number of nitrogens with one attached hydrogen (secondary N) is 3. The van der Waals surface area contributed by atoms with Crippen molar-refractivity contribution in [2.75, 3.05) is 50.9 Å². The molecule has 0 saturated carbocycles. The normalized spacial score (nSPS) is 17.2. The molecule has 13 heteroatoms. The van der Waals surface area contributed by atoms with Crippen molar-refractivity contribution in [2.45, 2.75) is 24.2 Å². The van der Waals surface area contributed by atoms with Crippen LogP contribution >= 0.6 is 0 Å². The van der Waals surface area contributed by atoms with Gasteiger partial charge in [-0.2, -0.15) is 9.29 Å². The zero-order chi connectivity index (χ0) is 31.9. The van der Waals surface area contributed by atoms with E-state index in [9.17, 15) is 17.6 Å². The minimum Gasteiger partial charge on any atom is -0.354 e. The second-order valence-electron chi connectivity index (χ2n) is 11.4. The second kappa shape index (κ2) is 14.1. The molecule has 11 nitrogen and oxygen atoms in total. The summed E-state index contributed by atoms with van der Waals surface area (Å²) in [6, 6.07) is 17.7. The highest BCUT2D eigenvalue weighted by molar-refractivity contribution is 7.89. The number of carbonyl (C=O) groups excluding carboxylic acids is 1. The number of halogens is 1. The first-order valence-electron chi connectivity index (χ1n) is 14.7. The maximum Gasteiger partial charge on any atom is 0.243 e. The number of rotatable bonds is 12. The molecular weight excluding hydrogens is 595 g/mol. The lowest BCUT2D eigenvalue weighted by molar-refractivity contribution is -0.133. The Kier molecular flexibility index (Phi) is 10.0. The van der Waals surface area contributed by atoms with Crippen LogP contribution < -0.4 is 16.0 Å². The molecule has 236 valence electrons. The molecule has 5 rings (SSSR count). The molecule has 3 N–H and O–H groups in total. The fraction of sp³-hybridized carbons (Fsp3) is 0.312. The third kappa shape index (κ3) is 8.18. The molecule has 2 aromatic carbocycles. The van der Waals surface area contributed by atoms with Crippen molar-refractivity contribution in [3.63, 3.8) is 0 Å². The lowest BCUT2D eigenvalue weighted by Gasteiger charge is -2.41. The summed E-state index contributed by atoms with van der Waals surface area (Å²) >= 11 is 0. The summed E-state index contributed by atoms with van der Waals surface area (Å²) in [5.41, 5.74) is 1.22. The Bertz CT molecular complexity index is 1690. The van der Waals surface area contributed by atoms with Crippen LogP contribution in [-0.4, -0.2) is 78.8 Å². The maximum absolute atomic E-state index is 13.9. The number of amides is 1. The molecule has 1 fully saturated rings. The minimum absolute atomic E-state index is 0.0692. The summed E-state index contributed by atoms with van der Waals surface area (Å²) in [6.45, 7) is 1.54. The first-order valence-corrected chi connectivity index (χ1v) is 16.1. The third-order valence-corrected chi connectivity index (χ3v) is 9.51. The van der Waals surface area contributed by atoms with E-state index in [1.165, 1.54) is 28.6 Å². The van der Waals surface area contributed by atoms with E-state index < -0.39 is 15.4 Å². The molecule has 1 amide bonds. The van der Waals surface area contributed by atoms with Crippen LogP contribution in [0.15, 0.2) is 90.2 Å². The smallest absolute Gasteiger partial charge is 0.243 e. The number of pyridine rings is 1. The van der Waals surface area contributed by atoms with Gasteiger partial charge in [-0.25, -0.2) is 17.8 Å². The number of benzene rings is 2. The molecular formula is C32H37FN8O3S. The number of anilines is 4. The summed E-state index contributed by atoms with van der Waals surface area (Å²) in [7, 11) is -0.0225. The first-order chi connectivity index (χ1) is 21.6. The van der Waals surface area contributed by atoms with Crippen LogP contribution in [0.25, 0.3) is 0 Å². The molecule has 4 aromatic rings. The minimum atomic E-state index is -3.89. The number of likely N-dealkylation sites (N-methyl/N-ethyl adjacent to an activating group) is 1. The summed E-state index contributed by atoms with van der Waals surface area (Å²) in [5.74, 6) is 0.323. The van der Waals surface area contributed by atoms with Gasteiger partial charge in [0.1, 0.15) is 11.6 Å². The van der Waals surface area contributed by atoms with Crippen LogP contribution in [0.1, 0.15) is 18.4 Å². The average Bonchev–Trinajstić information content (AvgIpc) is 3.03. The Labute approximate surface area is 263 Å². The monoisotopic (exact) mass is 632 g/mol. The van der Waals surface area contributed by atoms with Crippen LogP contribution in [0, 0.1) is 11.2 Å². The number of sulfonamides is 1. The zero-order valence-corrected chi connectivity index (χ0v) is 26.1. The van der Waals surface area contributed by atoms with Crippen molar-refractivity contribution in [3.8, 4) is 0 Å². The van der Waals surface area contributed by atoms with Gasteiger partial charge < -0.3 is 20.9 Å². The lowest BCUT2D eigenvalue weighted by atomic mass is 9.75. The molecule has 1 aliphatic heterocycles. The molecule has 1 saturated heterocycles. The van der Waals surface area contributed by atoms with Crippen LogP contribution in [0.4, 0.5) is 27.5 Å². The van der Waals surface area contributed by atoms with Gasteiger partial charge in [-0.05, 0) is 99.6 Å². The van der Waals surface area contributed by atoms with Gasteiger partial charge in [0.15, 0.2) is 0 Å². The summed E-state index contributed by atoms with van der Waals surface area (Å²) < 4.78 is 42.4. The van der Waals surface area contributed by atoms with Crippen LogP contribution in [0.5, 0.6) is 0 Å². The summed E-state index contributed by atoms with van der Waals surface area (Å²) in [5, 5.41) is 9.22. The zero-order valence-electron chi connectivity index (χ0n) is 25.3. The predicted molar refractivity (Wildman–Crippen MR) is 171 cm³/mol. The van der Waals surface area contributed by atoms with Crippen LogP contribution in [0.2, 0.25) is 0 Å². The fourth-order valence-corrected chi connectivity index (χ4v) is 6.90. The van der Waals surface area contributed by atoms with Gasteiger partial charge in [0.25, 0.3) is 0 Å². The number of piperidine rings is 1. The van der Waals surface area contributed by atoms with Crippen molar-refractivity contribution < 1.29 is 17.6 Å². The van der Waals surface area contributed by atoms with Gasteiger partial charge in [0.2, 0.25) is 21.9 Å². The lowest BCUT2D eigenvalue weighted by Crippen LogP contribution is -2.55. The van der Waals surface area contributed by atoms with Crippen molar-refractivity contribution in [2.24, 2.45) is 5.41 Å². The predicted octanol–water partition coefficient (Wildman–Crippen LogP) is 4.19. The SMILES string of the molecule is CN(C)CCNC(=O)C1(Cc2cccnc2)CCCN(S(=O)(=O)c2ccc(Nc3nccc(Nc4ccc(F)cc4)n3)cc2)C1. The number of aromatic nitrogens is 3. The Morgan fingerprint density at radius 1 is 1.00 bits per heavy atom. The van der Waals surface area contributed by atoms with Crippen LogP contribution in [-0.2, 0) is 21.2 Å². The summed E-state index contributed by atoms with van der Waals surface area (Å²) in [6.07, 6.45) is 6.49. The van der Waals surface area contributed by atoms with Crippen molar-refractivity contribution in [1.29, 1.82) is 0 Å². The molecule has 3 heterocycles. The van der Waals surface area contributed by atoms with Crippen molar-refractivity contribution in [3.05, 3.63) is 96.7 Å². The Hall–Kier alpha value is -4.46. The van der Waals surface area contributed by atoms with E-state index >= 15 is 0 Å². The topological polar surface area (TPSA) is 132 Å². The van der Waals surface area contributed by atoms with Crippen molar-refractivity contribution in [1.82, 2.24) is 29.5 Å². The van der Waals surface area contributed by atoms with E-state index in [0.717, 1.165) is 5.56 Å². The molecule has 0 bridgehead atoms. The highest BCUT2D eigenvalue weighted by Gasteiger charge is 2.45. The number of hydrogen-bond donors (Lipinski definition) is 3. The van der Waals surface area contributed by atoms with Gasteiger partial charge in [-0.3, -0.25) is 9.78 Å². The molecule has 0 radical (unpaired) electrons. The van der Waals surface area contributed by atoms with E-state index in [1.54, 1.807) is 48.9 Å². The quantitative estimate of drug-likeness (QED) is 0.210. The third-order valence-electron chi connectivity index (χ3n) is 7.65. The van der Waals surface area contributed by atoms with Gasteiger partial charge in [0, 0.05) is 56.1 Å². The molecule has 0 spiro atoms. The Morgan fingerprint density at radius 3 is 2.44 bits per heavy atom. The van der Waals surface area contributed by atoms with Gasteiger partial charge in [-0.1, -0.05) is 6.07 Å². The largest absolute Gasteiger partial charge is 0.354 e. The number of hydrogen-bond acceptors (Lipinski definition) is 9. The molecule has 1 unspecified atom stereocenters. The van der Waals surface area contributed by atoms with E-state index in [4.69, 9.17) is 0 Å². The molecule has 0 aliphatic carbocycles. The van der Waals surface area contributed by atoms with Crippen molar-refractivity contribution >= 4 is 39.1 Å². The molecule has 1 atom stereocenters. The van der Waals surface area contributed by atoms with Gasteiger partial charge in [-0.15, -0.1) is 0 Å². The number of carbonyl (C=O) groups is 1. The Morgan fingerprint density at radius 2 is 1.73 bits per heavy atom. The van der Waals surface area contributed by atoms with E-state index in [2.05, 4.69) is 30.9 Å². The van der Waals surface area contributed by atoms with E-state index in [-0.39, 0.29) is 23.2 Å². The average molecular weight is 633 g/mol. The first kappa shape index (κ1) is 31.9. The molecule has 2 aromatic heterocycles. The second-order valence-corrected chi connectivity index (χ2v) is 13.3. The highest BCUT2D eigenvalue weighted by atomic mass is 32.2. The number of nitrogens with zero attached hydrogens (tertiary/aromatic N) is 5. The summed E-state index contributed by atoms with van der Waals surface area (Å²) in [4.78, 5) is 28.6. The maximum atomic E-state index is 13.9. The highest BCUT2D eigenvalue weighted by Crippen LogP contribution is 2.36. The van der Waals surface area contributed by atoms with Gasteiger partial charge in [0.05, 0.1) is 10.3 Å². The molecule has 45 heavy (non-hydrogen) atoms. The Balaban J connectivity index is 1.30. The standard InChI is InChI=1S/C32H37FN8O3S/c1-40(2)20-18-35-30(42)32(21-24-5-3-16-34-22-24)15-4-19-41(23-32)45(43,44)28-12-10-27(11-13-28)38-31-36-17-14-29(39-31)37-26-8-6-25(33)7-9-26/h3,5-14,16-17,22H,4,15,18-21,23H2,1-2H3,(H,35,42)(H2,36,37,38,39). The fourth-order valence-electron chi connectivity index (χ4n) is 5.34. The molecule has 1 aliphatic rings.